The van der Waals surface area contributed by atoms with Gasteiger partial charge < -0.3 is 16.0 Å². The molecule has 1 aromatic carbocycles. The van der Waals surface area contributed by atoms with Gasteiger partial charge in [0.05, 0.1) is 10.5 Å². The minimum Gasteiger partial charge on any atom is -0.393 e. The smallest absolute Gasteiger partial charge is 0.292 e. The molecule has 0 bridgehead atoms. The first-order valence-electron chi connectivity index (χ1n) is 7.57. The monoisotopic (exact) mass is 306 g/mol. The summed E-state index contributed by atoms with van der Waals surface area (Å²) in [5.41, 5.74) is 5.74. The molecule has 22 heavy (non-hydrogen) atoms. The number of nitrogens with one attached hydrogen (secondary N) is 1. The van der Waals surface area contributed by atoms with Crippen molar-refractivity contribution in [1.29, 1.82) is 0 Å². The number of carbonyl (C=O) groups excluding carboxylic acids is 1. The Hall–Kier alpha value is -2.15. The lowest BCUT2D eigenvalue weighted by atomic mass is 9.96. The molecule has 1 fully saturated rings. The van der Waals surface area contributed by atoms with Crippen LogP contribution < -0.4 is 11.1 Å². The number of nitrogen functional groups attached to an aromatic ring is 1. The van der Waals surface area contributed by atoms with Gasteiger partial charge in [0.2, 0.25) is 0 Å². The Kier molecular flexibility index (Phi) is 5.32. The summed E-state index contributed by atoms with van der Waals surface area (Å²) in [7, 11) is 0. The number of nitro groups is 1. The summed E-state index contributed by atoms with van der Waals surface area (Å²) in [5.74, 6) is 0.356. The first-order valence-corrected chi connectivity index (χ1v) is 7.57. The average Bonchev–Trinajstić information content (AvgIpc) is 2.52. The second-order valence-electron chi connectivity index (χ2n) is 5.54. The molecule has 0 spiro atoms. The van der Waals surface area contributed by atoms with E-state index < -0.39 is 4.92 Å². The highest BCUT2D eigenvalue weighted by molar-refractivity contribution is 6.01. The highest BCUT2D eigenvalue weighted by atomic mass is 16.6. The number of carbonyl (C=O) groups is 1. The number of nitrogens with two attached hydrogens (primary N) is 1. The molecule has 3 N–H and O–H groups in total. The minimum absolute atomic E-state index is 0.0488. The Bertz CT molecular complexity index is 554. The van der Waals surface area contributed by atoms with Crippen molar-refractivity contribution in [3.8, 4) is 0 Å². The van der Waals surface area contributed by atoms with Crippen molar-refractivity contribution in [2.75, 3.05) is 31.9 Å². The van der Waals surface area contributed by atoms with Crippen LogP contribution in [-0.2, 0) is 0 Å². The Balaban J connectivity index is 2.04. The van der Waals surface area contributed by atoms with Gasteiger partial charge in [0.1, 0.15) is 5.69 Å². The van der Waals surface area contributed by atoms with Crippen LogP contribution in [0.4, 0.5) is 11.4 Å². The van der Waals surface area contributed by atoms with Crippen LogP contribution in [0.3, 0.4) is 0 Å². The number of piperidine rings is 1. The zero-order valence-electron chi connectivity index (χ0n) is 12.7. The molecule has 1 aliphatic heterocycles. The van der Waals surface area contributed by atoms with Gasteiger partial charge in [0, 0.05) is 19.2 Å². The topological polar surface area (TPSA) is 102 Å². The van der Waals surface area contributed by atoms with Crippen LogP contribution in [-0.4, -0.2) is 41.9 Å². The van der Waals surface area contributed by atoms with E-state index in [0.717, 1.165) is 25.9 Å². The standard InChI is InChI=1S/C15H22N4O3/c1-2-17-10-11-6-8-18(9-7-11)15(20)12-4-3-5-13(14(12)16)19(21)22/h3-5,11,17H,2,6-10,16H2,1H3. The molecular weight excluding hydrogens is 284 g/mol. The van der Waals surface area contributed by atoms with Gasteiger partial charge in [-0.05, 0) is 37.9 Å². The zero-order valence-corrected chi connectivity index (χ0v) is 12.7. The molecule has 0 aromatic heterocycles. The summed E-state index contributed by atoms with van der Waals surface area (Å²) in [6.45, 7) is 5.32. The zero-order chi connectivity index (χ0) is 16.1. The maximum absolute atomic E-state index is 12.5. The molecule has 1 aromatic rings. The highest BCUT2D eigenvalue weighted by Gasteiger charge is 2.26. The SMILES string of the molecule is CCNCC1CCN(C(=O)c2cccc([N+](=O)[O-])c2N)CC1. The molecule has 0 aliphatic carbocycles. The molecule has 1 saturated heterocycles. The van der Waals surface area contributed by atoms with Gasteiger partial charge in [-0.25, -0.2) is 0 Å². The van der Waals surface area contributed by atoms with Gasteiger partial charge in [0.15, 0.2) is 0 Å². The van der Waals surface area contributed by atoms with Crippen molar-refractivity contribution in [2.24, 2.45) is 5.92 Å². The largest absolute Gasteiger partial charge is 0.393 e. The first-order chi connectivity index (χ1) is 10.5. The molecule has 7 nitrogen and oxygen atoms in total. The third kappa shape index (κ3) is 3.54. The number of benzene rings is 1. The molecule has 0 radical (unpaired) electrons. The van der Waals surface area contributed by atoms with E-state index in [2.05, 4.69) is 12.2 Å². The van der Waals surface area contributed by atoms with Gasteiger partial charge in [0.25, 0.3) is 11.6 Å². The number of nitro benzene ring substituents is 1. The van der Waals surface area contributed by atoms with Crippen molar-refractivity contribution < 1.29 is 9.72 Å². The van der Waals surface area contributed by atoms with E-state index in [0.29, 0.717) is 19.0 Å². The van der Waals surface area contributed by atoms with Crippen molar-refractivity contribution in [3.63, 3.8) is 0 Å². The van der Waals surface area contributed by atoms with E-state index in [1.807, 2.05) is 0 Å². The van der Waals surface area contributed by atoms with Crippen LogP contribution >= 0.6 is 0 Å². The predicted octanol–water partition coefficient (Wildman–Crippen LogP) is 1.64. The lowest BCUT2D eigenvalue weighted by molar-refractivity contribution is -0.383. The number of hydrogen-bond acceptors (Lipinski definition) is 5. The number of nitrogens with zero attached hydrogens (tertiary/aromatic N) is 2. The predicted molar refractivity (Wildman–Crippen MR) is 84.7 cm³/mol. The number of amides is 1. The summed E-state index contributed by atoms with van der Waals surface area (Å²) < 4.78 is 0. The number of rotatable bonds is 5. The maximum atomic E-state index is 12.5. The van der Waals surface area contributed by atoms with Crippen LogP contribution in [0.15, 0.2) is 18.2 Å². The summed E-state index contributed by atoms with van der Waals surface area (Å²) in [4.78, 5) is 24.6. The molecule has 1 heterocycles. The van der Waals surface area contributed by atoms with Crippen molar-refractivity contribution in [2.45, 2.75) is 19.8 Å². The van der Waals surface area contributed by atoms with Crippen molar-refractivity contribution >= 4 is 17.3 Å². The Morgan fingerprint density at radius 2 is 2.14 bits per heavy atom. The van der Waals surface area contributed by atoms with Crippen molar-refractivity contribution in [1.82, 2.24) is 10.2 Å². The minimum atomic E-state index is -0.561. The lowest BCUT2D eigenvalue weighted by Crippen LogP contribution is -2.41. The van der Waals surface area contributed by atoms with Gasteiger partial charge in [-0.1, -0.05) is 13.0 Å². The molecule has 1 amide bonds. The van der Waals surface area contributed by atoms with Crippen LogP contribution in [0.1, 0.15) is 30.1 Å². The van der Waals surface area contributed by atoms with E-state index in [4.69, 9.17) is 5.73 Å². The van der Waals surface area contributed by atoms with E-state index in [1.165, 1.54) is 12.1 Å². The van der Waals surface area contributed by atoms with Gasteiger partial charge in [-0.3, -0.25) is 14.9 Å². The second kappa shape index (κ2) is 7.22. The normalized spacial score (nSPS) is 15.8. The first kappa shape index (κ1) is 16.2. The molecule has 0 unspecified atom stereocenters. The molecule has 1 aliphatic rings. The Labute approximate surface area is 129 Å². The summed E-state index contributed by atoms with van der Waals surface area (Å²) in [6.07, 6.45) is 1.88. The fraction of sp³-hybridized carbons (Fsp3) is 0.533. The molecule has 0 saturated carbocycles. The quantitative estimate of drug-likeness (QED) is 0.489. The molecule has 120 valence electrons. The van der Waals surface area contributed by atoms with Gasteiger partial charge >= 0.3 is 0 Å². The number of para-hydroxylation sites is 1. The molecule has 2 rings (SSSR count). The number of likely N-dealkylation sites (tertiary alicyclic amines) is 1. The van der Waals surface area contributed by atoms with Gasteiger partial charge in [-0.2, -0.15) is 0 Å². The van der Waals surface area contributed by atoms with Gasteiger partial charge in [-0.15, -0.1) is 0 Å². The molecular formula is C15H22N4O3. The van der Waals surface area contributed by atoms with Crippen LogP contribution in [0.5, 0.6) is 0 Å². The number of anilines is 1. The summed E-state index contributed by atoms with van der Waals surface area (Å²) in [6, 6.07) is 4.36. The number of hydrogen-bond donors (Lipinski definition) is 2. The Morgan fingerprint density at radius 1 is 1.45 bits per heavy atom. The van der Waals surface area contributed by atoms with Crippen LogP contribution in [0.2, 0.25) is 0 Å². The van der Waals surface area contributed by atoms with Crippen LogP contribution in [0.25, 0.3) is 0 Å². The van der Waals surface area contributed by atoms with E-state index in [1.54, 1.807) is 11.0 Å². The average molecular weight is 306 g/mol. The van der Waals surface area contributed by atoms with E-state index >= 15 is 0 Å². The third-order valence-corrected chi connectivity index (χ3v) is 4.09. The maximum Gasteiger partial charge on any atom is 0.292 e. The third-order valence-electron chi connectivity index (χ3n) is 4.09. The van der Waals surface area contributed by atoms with E-state index in [-0.39, 0.29) is 22.8 Å². The van der Waals surface area contributed by atoms with Crippen molar-refractivity contribution in [3.05, 3.63) is 33.9 Å². The molecule has 7 heteroatoms. The Morgan fingerprint density at radius 3 is 2.73 bits per heavy atom. The van der Waals surface area contributed by atoms with Crippen LogP contribution in [0, 0.1) is 16.0 Å². The fourth-order valence-corrected chi connectivity index (χ4v) is 2.76. The summed E-state index contributed by atoms with van der Waals surface area (Å²) in [5, 5.41) is 14.2. The fourth-order valence-electron chi connectivity index (χ4n) is 2.76. The molecule has 0 atom stereocenters. The lowest BCUT2D eigenvalue weighted by Gasteiger charge is -2.32. The van der Waals surface area contributed by atoms with E-state index in [9.17, 15) is 14.9 Å². The highest BCUT2D eigenvalue weighted by Crippen LogP contribution is 2.27. The second-order valence-corrected chi connectivity index (χ2v) is 5.54. The summed E-state index contributed by atoms with van der Waals surface area (Å²) >= 11 is 0.